The lowest BCUT2D eigenvalue weighted by Gasteiger charge is -2.21. The van der Waals surface area contributed by atoms with Crippen molar-refractivity contribution in [2.75, 3.05) is 31.8 Å². The van der Waals surface area contributed by atoms with Crippen LogP contribution in [0.2, 0.25) is 0 Å². The van der Waals surface area contributed by atoms with E-state index in [4.69, 9.17) is 10.5 Å². The SMILES string of the molecule is COc1ccccc1NC(=O)c1cc2c3c(sc2nc1N)CN(C)CC3. The van der Waals surface area contributed by atoms with Crippen LogP contribution in [0.4, 0.5) is 11.5 Å². The second-order valence-electron chi connectivity index (χ2n) is 6.42. The standard InChI is InChI=1S/C19H20N4O2S/c1-23-8-7-11-12-9-13(17(20)22-19(12)26-16(11)10-23)18(24)21-14-5-3-4-6-15(14)25-2/h3-6,9H,7-8,10H2,1-2H3,(H2,20,22)(H,21,24). The summed E-state index contributed by atoms with van der Waals surface area (Å²) in [5.74, 6) is 0.565. The molecule has 7 heteroatoms. The zero-order valence-corrected chi connectivity index (χ0v) is 15.5. The summed E-state index contributed by atoms with van der Waals surface area (Å²) in [6.07, 6.45) is 0.963. The molecule has 1 aliphatic rings. The smallest absolute Gasteiger partial charge is 0.259 e. The highest BCUT2D eigenvalue weighted by Gasteiger charge is 2.22. The number of para-hydroxylation sites is 2. The molecule has 0 unspecified atom stereocenters. The highest BCUT2D eigenvalue weighted by Crippen LogP contribution is 2.35. The first-order chi connectivity index (χ1) is 12.6. The van der Waals surface area contributed by atoms with E-state index in [0.29, 0.717) is 17.0 Å². The second-order valence-corrected chi connectivity index (χ2v) is 7.50. The molecule has 0 bridgehead atoms. The van der Waals surface area contributed by atoms with Crippen LogP contribution < -0.4 is 15.8 Å². The van der Waals surface area contributed by atoms with Crippen LogP contribution in [0.15, 0.2) is 30.3 Å². The average molecular weight is 368 g/mol. The zero-order chi connectivity index (χ0) is 18.3. The van der Waals surface area contributed by atoms with E-state index in [2.05, 4.69) is 22.2 Å². The van der Waals surface area contributed by atoms with Crippen LogP contribution in [0.3, 0.4) is 0 Å². The van der Waals surface area contributed by atoms with Gasteiger partial charge < -0.3 is 20.7 Å². The van der Waals surface area contributed by atoms with Crippen molar-refractivity contribution in [1.29, 1.82) is 0 Å². The lowest BCUT2D eigenvalue weighted by molar-refractivity contribution is 0.102. The molecule has 1 amide bonds. The minimum Gasteiger partial charge on any atom is -0.495 e. The summed E-state index contributed by atoms with van der Waals surface area (Å²) in [7, 11) is 3.68. The zero-order valence-electron chi connectivity index (χ0n) is 14.7. The summed E-state index contributed by atoms with van der Waals surface area (Å²) in [5, 5.41) is 3.91. The highest BCUT2D eigenvalue weighted by molar-refractivity contribution is 7.18. The molecule has 2 aromatic heterocycles. The van der Waals surface area contributed by atoms with Gasteiger partial charge in [0, 0.05) is 23.4 Å². The summed E-state index contributed by atoms with van der Waals surface area (Å²) in [6, 6.07) is 9.16. The van der Waals surface area contributed by atoms with Gasteiger partial charge in [-0.05, 0) is 37.2 Å². The molecule has 134 valence electrons. The minimum absolute atomic E-state index is 0.247. The molecule has 26 heavy (non-hydrogen) atoms. The van der Waals surface area contributed by atoms with E-state index in [1.807, 2.05) is 18.2 Å². The van der Waals surface area contributed by atoms with Crippen molar-refractivity contribution in [3.05, 3.63) is 46.3 Å². The Bertz CT molecular complexity index is 999. The van der Waals surface area contributed by atoms with E-state index in [-0.39, 0.29) is 11.7 Å². The first-order valence-corrected chi connectivity index (χ1v) is 9.22. The number of methoxy groups -OCH3 is 1. The third-order valence-electron chi connectivity index (χ3n) is 4.66. The Labute approximate surface area is 155 Å². The molecule has 0 atom stereocenters. The summed E-state index contributed by atoms with van der Waals surface area (Å²) >= 11 is 1.66. The topological polar surface area (TPSA) is 80.5 Å². The molecule has 0 fully saturated rings. The van der Waals surface area contributed by atoms with E-state index < -0.39 is 0 Å². The number of thiophene rings is 1. The molecular formula is C19H20N4O2S. The molecule has 1 aliphatic heterocycles. The van der Waals surface area contributed by atoms with Gasteiger partial charge in [0.1, 0.15) is 16.4 Å². The fourth-order valence-electron chi connectivity index (χ4n) is 3.28. The monoisotopic (exact) mass is 368 g/mol. The van der Waals surface area contributed by atoms with Gasteiger partial charge in [-0.15, -0.1) is 11.3 Å². The van der Waals surface area contributed by atoms with Gasteiger partial charge in [0.15, 0.2) is 0 Å². The first kappa shape index (κ1) is 16.8. The number of rotatable bonds is 3. The molecule has 0 radical (unpaired) electrons. The summed E-state index contributed by atoms with van der Waals surface area (Å²) in [5.41, 5.74) is 8.38. The van der Waals surface area contributed by atoms with Crippen LogP contribution in [0.1, 0.15) is 20.8 Å². The van der Waals surface area contributed by atoms with E-state index >= 15 is 0 Å². The summed E-state index contributed by atoms with van der Waals surface area (Å²) in [6.45, 7) is 1.92. The van der Waals surface area contributed by atoms with Crippen LogP contribution in [-0.4, -0.2) is 36.5 Å². The number of nitrogens with two attached hydrogens (primary N) is 1. The Morgan fingerprint density at radius 2 is 2.19 bits per heavy atom. The normalized spacial score (nSPS) is 14.2. The van der Waals surface area contributed by atoms with Crippen LogP contribution in [0.25, 0.3) is 10.2 Å². The van der Waals surface area contributed by atoms with Crippen LogP contribution in [0, 0.1) is 0 Å². The number of benzene rings is 1. The number of nitrogens with one attached hydrogen (secondary N) is 1. The predicted molar refractivity (Wildman–Crippen MR) is 105 cm³/mol. The quantitative estimate of drug-likeness (QED) is 0.742. The van der Waals surface area contributed by atoms with Gasteiger partial charge in [-0.3, -0.25) is 4.79 Å². The van der Waals surface area contributed by atoms with E-state index in [0.717, 1.165) is 29.7 Å². The summed E-state index contributed by atoms with van der Waals surface area (Å²) in [4.78, 5) is 21.8. The van der Waals surface area contributed by atoms with E-state index in [1.165, 1.54) is 10.4 Å². The van der Waals surface area contributed by atoms with Crippen molar-refractivity contribution in [3.8, 4) is 5.75 Å². The molecule has 6 nitrogen and oxygen atoms in total. The van der Waals surface area contributed by atoms with Gasteiger partial charge in [0.25, 0.3) is 5.91 Å². The second kappa shape index (κ2) is 6.59. The Hall–Kier alpha value is -2.64. The van der Waals surface area contributed by atoms with Crippen molar-refractivity contribution in [3.63, 3.8) is 0 Å². The summed E-state index contributed by atoms with van der Waals surface area (Å²) < 4.78 is 5.29. The van der Waals surface area contributed by atoms with Crippen LogP contribution >= 0.6 is 11.3 Å². The number of carbonyl (C=O) groups excluding carboxylic acids is 1. The van der Waals surface area contributed by atoms with Gasteiger partial charge in [0.05, 0.1) is 18.4 Å². The number of likely N-dealkylation sites (N-methyl/N-ethyl adjacent to an activating group) is 1. The maximum Gasteiger partial charge on any atom is 0.259 e. The first-order valence-electron chi connectivity index (χ1n) is 8.40. The third-order valence-corrected chi connectivity index (χ3v) is 5.78. The lowest BCUT2D eigenvalue weighted by Crippen LogP contribution is -2.25. The number of amides is 1. The molecule has 0 saturated carbocycles. The fraction of sp³-hybridized carbons (Fsp3) is 0.263. The number of hydrogen-bond acceptors (Lipinski definition) is 6. The molecule has 3 N–H and O–H groups in total. The number of nitrogens with zero attached hydrogens (tertiary/aromatic N) is 2. The number of anilines is 2. The number of aromatic nitrogens is 1. The maximum atomic E-state index is 12.8. The van der Waals surface area contributed by atoms with Gasteiger partial charge in [-0.1, -0.05) is 12.1 Å². The van der Waals surface area contributed by atoms with Gasteiger partial charge in [-0.25, -0.2) is 4.98 Å². The van der Waals surface area contributed by atoms with Crippen molar-refractivity contribution in [2.24, 2.45) is 0 Å². The van der Waals surface area contributed by atoms with E-state index in [1.54, 1.807) is 30.6 Å². The predicted octanol–water partition coefficient (Wildman–Crippen LogP) is 3.13. The Kier molecular flexibility index (Phi) is 4.26. The molecule has 4 rings (SSSR count). The minimum atomic E-state index is -0.283. The molecular weight excluding hydrogens is 348 g/mol. The lowest BCUT2D eigenvalue weighted by atomic mass is 10.0. The number of carbonyl (C=O) groups is 1. The van der Waals surface area contributed by atoms with Gasteiger partial charge in [-0.2, -0.15) is 0 Å². The van der Waals surface area contributed by atoms with Gasteiger partial charge >= 0.3 is 0 Å². The molecule has 0 spiro atoms. The number of pyridine rings is 1. The Morgan fingerprint density at radius 3 is 3.00 bits per heavy atom. The Balaban J connectivity index is 1.72. The molecule has 0 aliphatic carbocycles. The average Bonchev–Trinajstić information content (AvgIpc) is 2.97. The van der Waals surface area contributed by atoms with Crippen molar-refractivity contribution in [2.45, 2.75) is 13.0 Å². The fourth-order valence-corrected chi connectivity index (χ4v) is 4.57. The van der Waals surface area contributed by atoms with Gasteiger partial charge in [0.2, 0.25) is 0 Å². The maximum absolute atomic E-state index is 12.8. The number of hydrogen-bond donors (Lipinski definition) is 2. The van der Waals surface area contributed by atoms with Crippen LogP contribution in [-0.2, 0) is 13.0 Å². The number of nitrogen functional groups attached to an aromatic ring is 1. The highest BCUT2D eigenvalue weighted by atomic mass is 32.1. The van der Waals surface area contributed by atoms with Crippen molar-refractivity contribution in [1.82, 2.24) is 9.88 Å². The molecule has 0 saturated heterocycles. The molecule has 3 aromatic rings. The molecule has 1 aromatic carbocycles. The Morgan fingerprint density at radius 1 is 1.38 bits per heavy atom. The van der Waals surface area contributed by atoms with Crippen LogP contribution in [0.5, 0.6) is 5.75 Å². The van der Waals surface area contributed by atoms with Crippen molar-refractivity contribution < 1.29 is 9.53 Å². The largest absolute Gasteiger partial charge is 0.495 e. The van der Waals surface area contributed by atoms with E-state index in [9.17, 15) is 4.79 Å². The van der Waals surface area contributed by atoms with Crippen molar-refractivity contribution >= 4 is 39.0 Å². The number of ether oxygens (including phenoxy) is 1. The number of fused-ring (bicyclic) bond motifs is 3. The molecule has 3 heterocycles. The third kappa shape index (κ3) is 2.89.